The summed E-state index contributed by atoms with van der Waals surface area (Å²) < 4.78 is 44.3. The van der Waals surface area contributed by atoms with Crippen LogP contribution in [0.3, 0.4) is 0 Å². The maximum absolute atomic E-state index is 13.1. The molecule has 0 bridgehead atoms. The number of rotatable bonds is 6. The van der Waals surface area contributed by atoms with Gasteiger partial charge >= 0.3 is 5.97 Å². The number of benzene rings is 2. The number of carbonyl (C=O) groups excluding carboxylic acids is 1. The highest BCUT2D eigenvalue weighted by Crippen LogP contribution is 2.13. The van der Waals surface area contributed by atoms with Crippen molar-refractivity contribution in [1.29, 1.82) is 0 Å². The highest BCUT2D eigenvalue weighted by atomic mass is 32.2. The molecule has 0 radical (unpaired) electrons. The lowest BCUT2D eigenvalue weighted by atomic mass is 10.2. The molecular formula is C16H16FNO4S. The van der Waals surface area contributed by atoms with Crippen LogP contribution >= 0.6 is 0 Å². The molecule has 0 heterocycles. The Morgan fingerprint density at radius 3 is 2.61 bits per heavy atom. The van der Waals surface area contributed by atoms with Crippen LogP contribution in [0, 0.1) is 5.82 Å². The lowest BCUT2D eigenvalue weighted by Crippen LogP contribution is -2.23. The minimum absolute atomic E-state index is 0.0143. The van der Waals surface area contributed by atoms with Crippen LogP contribution in [0.1, 0.15) is 22.8 Å². The van der Waals surface area contributed by atoms with Gasteiger partial charge in [-0.1, -0.05) is 25.1 Å². The van der Waals surface area contributed by atoms with Gasteiger partial charge in [0.15, 0.2) is 0 Å². The van der Waals surface area contributed by atoms with E-state index in [1.54, 1.807) is 13.0 Å². The quantitative estimate of drug-likeness (QED) is 0.822. The Morgan fingerprint density at radius 1 is 1.17 bits per heavy atom. The summed E-state index contributed by atoms with van der Waals surface area (Å²) in [4.78, 5) is 12.0. The molecule has 0 aliphatic carbocycles. The molecule has 0 spiro atoms. The third kappa shape index (κ3) is 4.61. The fourth-order valence-corrected chi connectivity index (χ4v) is 3.01. The maximum Gasteiger partial charge on any atom is 0.338 e. The molecule has 0 saturated carbocycles. The van der Waals surface area contributed by atoms with Crippen LogP contribution in [0.15, 0.2) is 53.4 Å². The van der Waals surface area contributed by atoms with Gasteiger partial charge in [-0.2, -0.15) is 0 Å². The van der Waals surface area contributed by atoms with Gasteiger partial charge in [0, 0.05) is 6.54 Å². The molecule has 5 nitrogen and oxygen atoms in total. The summed E-state index contributed by atoms with van der Waals surface area (Å²) in [6.45, 7) is 1.81. The predicted molar refractivity (Wildman–Crippen MR) is 82.8 cm³/mol. The number of carbonyl (C=O) groups is 1. The Balaban J connectivity index is 2.11. The van der Waals surface area contributed by atoms with E-state index in [0.717, 1.165) is 0 Å². The van der Waals surface area contributed by atoms with Crippen molar-refractivity contribution in [1.82, 2.24) is 4.72 Å². The second kappa shape index (κ2) is 7.34. The van der Waals surface area contributed by atoms with Crippen LogP contribution in [-0.2, 0) is 21.4 Å². The third-order valence-electron chi connectivity index (χ3n) is 2.97. The number of hydrogen-bond donors (Lipinski definition) is 1. The van der Waals surface area contributed by atoms with Crippen LogP contribution in [0.2, 0.25) is 0 Å². The first-order chi connectivity index (χ1) is 10.9. The van der Waals surface area contributed by atoms with Gasteiger partial charge in [-0.3, -0.25) is 0 Å². The lowest BCUT2D eigenvalue weighted by molar-refractivity contribution is 0.0472. The SMILES string of the molecule is CCNS(=O)(=O)c1cccc(C(=O)OCc2cccc(F)c2)c1. The average molecular weight is 337 g/mol. The van der Waals surface area contributed by atoms with Gasteiger partial charge in [0.2, 0.25) is 10.0 Å². The van der Waals surface area contributed by atoms with Crippen molar-refractivity contribution in [2.24, 2.45) is 0 Å². The zero-order chi connectivity index (χ0) is 16.9. The Morgan fingerprint density at radius 2 is 1.91 bits per heavy atom. The molecule has 0 amide bonds. The normalized spacial score (nSPS) is 11.2. The van der Waals surface area contributed by atoms with Gasteiger partial charge in [0.05, 0.1) is 10.5 Å². The van der Waals surface area contributed by atoms with Gasteiger partial charge in [-0.15, -0.1) is 0 Å². The third-order valence-corrected chi connectivity index (χ3v) is 4.52. The first-order valence-corrected chi connectivity index (χ1v) is 8.42. The van der Waals surface area contributed by atoms with Crippen molar-refractivity contribution in [3.05, 3.63) is 65.5 Å². The molecule has 0 aliphatic rings. The van der Waals surface area contributed by atoms with Gasteiger partial charge in [0.1, 0.15) is 12.4 Å². The summed E-state index contributed by atoms with van der Waals surface area (Å²) in [7, 11) is -3.65. The van der Waals surface area contributed by atoms with Crippen molar-refractivity contribution in [2.75, 3.05) is 6.54 Å². The number of sulfonamides is 1. The van der Waals surface area contributed by atoms with Gasteiger partial charge in [-0.25, -0.2) is 22.3 Å². The molecule has 2 aromatic rings. The van der Waals surface area contributed by atoms with Crippen molar-refractivity contribution in [3.63, 3.8) is 0 Å². The molecule has 2 aromatic carbocycles. The van der Waals surface area contributed by atoms with E-state index in [2.05, 4.69) is 4.72 Å². The van der Waals surface area contributed by atoms with E-state index in [4.69, 9.17) is 4.74 Å². The van der Waals surface area contributed by atoms with Crippen LogP contribution in [0.4, 0.5) is 4.39 Å². The summed E-state index contributed by atoms with van der Waals surface area (Å²) >= 11 is 0. The molecule has 0 unspecified atom stereocenters. The highest BCUT2D eigenvalue weighted by molar-refractivity contribution is 7.89. The zero-order valence-corrected chi connectivity index (χ0v) is 13.3. The van der Waals surface area contributed by atoms with Crippen molar-refractivity contribution in [2.45, 2.75) is 18.4 Å². The van der Waals surface area contributed by atoms with E-state index in [-0.39, 0.29) is 23.6 Å². The van der Waals surface area contributed by atoms with Crippen molar-refractivity contribution in [3.8, 4) is 0 Å². The molecule has 0 atom stereocenters. The average Bonchev–Trinajstić information content (AvgIpc) is 2.53. The Hall–Kier alpha value is -2.25. The molecule has 23 heavy (non-hydrogen) atoms. The Labute approximate surface area is 134 Å². The lowest BCUT2D eigenvalue weighted by Gasteiger charge is -2.08. The number of hydrogen-bond acceptors (Lipinski definition) is 4. The highest BCUT2D eigenvalue weighted by Gasteiger charge is 2.16. The summed E-state index contributed by atoms with van der Waals surface area (Å²) in [5.74, 6) is -1.10. The molecule has 0 aliphatic heterocycles. The van der Waals surface area contributed by atoms with E-state index in [1.165, 1.54) is 42.5 Å². The fourth-order valence-electron chi connectivity index (χ4n) is 1.92. The molecule has 7 heteroatoms. The molecule has 2 rings (SSSR count). The van der Waals surface area contributed by atoms with E-state index in [9.17, 15) is 17.6 Å². The summed E-state index contributed by atoms with van der Waals surface area (Å²) in [6.07, 6.45) is 0. The van der Waals surface area contributed by atoms with E-state index < -0.39 is 21.8 Å². The second-order valence-corrected chi connectivity index (χ2v) is 6.50. The maximum atomic E-state index is 13.1. The topological polar surface area (TPSA) is 72.5 Å². The van der Waals surface area contributed by atoms with E-state index >= 15 is 0 Å². The summed E-state index contributed by atoms with van der Waals surface area (Å²) in [6, 6.07) is 11.2. The van der Waals surface area contributed by atoms with E-state index in [0.29, 0.717) is 5.56 Å². The van der Waals surface area contributed by atoms with Gasteiger partial charge in [-0.05, 0) is 35.9 Å². The molecule has 0 fully saturated rings. The fraction of sp³-hybridized carbons (Fsp3) is 0.188. The van der Waals surface area contributed by atoms with Gasteiger partial charge in [0.25, 0.3) is 0 Å². The Bertz CT molecular complexity index is 805. The standard InChI is InChI=1S/C16H16FNO4S/c1-2-18-23(20,21)15-8-4-6-13(10-15)16(19)22-11-12-5-3-7-14(17)9-12/h3-10,18H,2,11H2,1H3. The number of esters is 1. The minimum Gasteiger partial charge on any atom is -0.457 e. The number of halogens is 1. The van der Waals surface area contributed by atoms with Crippen LogP contribution in [0.5, 0.6) is 0 Å². The van der Waals surface area contributed by atoms with Crippen molar-refractivity contribution >= 4 is 16.0 Å². The molecule has 122 valence electrons. The molecule has 0 saturated heterocycles. The van der Waals surface area contributed by atoms with E-state index in [1.807, 2.05) is 0 Å². The van der Waals surface area contributed by atoms with Crippen LogP contribution in [0.25, 0.3) is 0 Å². The second-order valence-electron chi connectivity index (χ2n) is 4.74. The molecule has 1 N–H and O–H groups in total. The first-order valence-electron chi connectivity index (χ1n) is 6.93. The van der Waals surface area contributed by atoms with Crippen LogP contribution < -0.4 is 4.72 Å². The first kappa shape index (κ1) is 17.1. The Kier molecular flexibility index (Phi) is 5.46. The largest absolute Gasteiger partial charge is 0.457 e. The van der Waals surface area contributed by atoms with Crippen LogP contribution in [-0.4, -0.2) is 20.9 Å². The smallest absolute Gasteiger partial charge is 0.338 e. The van der Waals surface area contributed by atoms with Crippen molar-refractivity contribution < 1.29 is 22.3 Å². The van der Waals surface area contributed by atoms with Gasteiger partial charge < -0.3 is 4.74 Å². The monoisotopic (exact) mass is 337 g/mol. The number of ether oxygens (including phenoxy) is 1. The molecular weight excluding hydrogens is 321 g/mol. The number of nitrogens with one attached hydrogen (secondary N) is 1. The predicted octanol–water partition coefficient (Wildman–Crippen LogP) is 2.48. The summed E-state index contributed by atoms with van der Waals surface area (Å²) in [5, 5.41) is 0. The summed E-state index contributed by atoms with van der Waals surface area (Å²) in [5.41, 5.74) is 0.621. The zero-order valence-electron chi connectivity index (χ0n) is 12.5. The minimum atomic E-state index is -3.65. The molecule has 0 aromatic heterocycles.